The third kappa shape index (κ3) is 6.62. The number of hydrogen-bond acceptors (Lipinski definition) is 0. The molecule has 0 unspecified atom stereocenters. The monoisotopic (exact) mass is 290 g/mol. The fourth-order valence-electron chi connectivity index (χ4n) is 3.42. The van der Waals surface area contributed by atoms with Gasteiger partial charge in [-0.05, 0) is 12.8 Å². The third-order valence-electron chi connectivity index (χ3n) is 4.85. The average molecular weight is 290 g/mol. The summed E-state index contributed by atoms with van der Waals surface area (Å²) in [5.41, 5.74) is 1.49. The predicted molar refractivity (Wildman–Crippen MR) is 89.8 cm³/mol. The van der Waals surface area contributed by atoms with E-state index in [2.05, 4.69) is 37.3 Å². The molecule has 1 fully saturated rings. The van der Waals surface area contributed by atoms with Crippen LogP contribution in [0.1, 0.15) is 51.0 Å². The molecule has 1 aromatic carbocycles. The minimum Gasteiger partial charge on any atom is -0.326 e. The Morgan fingerprint density at radius 1 is 0.762 bits per heavy atom. The average Bonchev–Trinajstić information content (AvgIpc) is 2.53. The van der Waals surface area contributed by atoms with E-state index in [9.17, 15) is 0 Å². The molecule has 2 nitrogen and oxygen atoms in total. The summed E-state index contributed by atoms with van der Waals surface area (Å²) in [7, 11) is 0. The van der Waals surface area contributed by atoms with Crippen LogP contribution in [0, 0.1) is 0 Å². The van der Waals surface area contributed by atoms with Gasteiger partial charge in [0, 0.05) is 5.56 Å². The Balaban J connectivity index is 1.54. The van der Waals surface area contributed by atoms with E-state index in [0.29, 0.717) is 0 Å². The highest BCUT2D eigenvalue weighted by Gasteiger charge is 2.22. The van der Waals surface area contributed by atoms with Gasteiger partial charge in [0.25, 0.3) is 0 Å². The number of quaternary nitrogens is 2. The first kappa shape index (κ1) is 16.5. The van der Waals surface area contributed by atoms with E-state index in [0.717, 1.165) is 0 Å². The number of rotatable bonds is 9. The van der Waals surface area contributed by atoms with Crippen LogP contribution in [-0.4, -0.2) is 32.7 Å². The smallest absolute Gasteiger partial charge is 0.127 e. The van der Waals surface area contributed by atoms with E-state index < -0.39 is 0 Å². The molecule has 1 aliphatic heterocycles. The van der Waals surface area contributed by atoms with Crippen molar-refractivity contribution < 1.29 is 9.80 Å². The van der Waals surface area contributed by atoms with Crippen molar-refractivity contribution in [3.05, 3.63) is 35.9 Å². The SMILES string of the molecule is CCCCCCCC[NH+]1CC[NH+](Cc2ccccc2)CC1. The lowest BCUT2D eigenvalue weighted by Crippen LogP contribution is -3.27. The maximum Gasteiger partial charge on any atom is 0.127 e. The van der Waals surface area contributed by atoms with E-state index >= 15 is 0 Å². The molecule has 1 heterocycles. The quantitative estimate of drug-likeness (QED) is 0.635. The molecule has 0 aromatic heterocycles. The van der Waals surface area contributed by atoms with Crippen LogP contribution < -0.4 is 9.80 Å². The van der Waals surface area contributed by atoms with Crippen molar-refractivity contribution in [2.75, 3.05) is 32.7 Å². The standard InChI is InChI=1S/C19H32N2/c1-2-3-4-5-6-10-13-20-14-16-21(17-15-20)18-19-11-8-7-9-12-19/h7-9,11-12H,2-6,10,13-18H2,1H3/p+2. The molecule has 0 saturated carbocycles. The first-order valence-electron chi connectivity index (χ1n) is 9.09. The van der Waals surface area contributed by atoms with Crippen molar-refractivity contribution in [3.8, 4) is 0 Å². The van der Waals surface area contributed by atoms with Crippen LogP contribution in [0.4, 0.5) is 0 Å². The molecule has 2 N–H and O–H groups in total. The molecule has 2 heteroatoms. The fraction of sp³-hybridized carbons (Fsp3) is 0.684. The Hall–Kier alpha value is -0.860. The van der Waals surface area contributed by atoms with Crippen LogP contribution in [0.2, 0.25) is 0 Å². The van der Waals surface area contributed by atoms with Crippen LogP contribution in [-0.2, 0) is 6.54 Å². The van der Waals surface area contributed by atoms with Gasteiger partial charge in [-0.25, -0.2) is 0 Å². The van der Waals surface area contributed by atoms with Crippen LogP contribution in [0.5, 0.6) is 0 Å². The maximum atomic E-state index is 2.29. The van der Waals surface area contributed by atoms with Gasteiger partial charge in [0.15, 0.2) is 0 Å². The zero-order valence-electron chi connectivity index (χ0n) is 13.9. The predicted octanol–water partition coefficient (Wildman–Crippen LogP) is 1.33. The highest BCUT2D eigenvalue weighted by molar-refractivity contribution is 5.13. The number of unbranched alkanes of at least 4 members (excludes halogenated alkanes) is 5. The second kappa shape index (κ2) is 9.97. The Labute approximate surface area is 131 Å². The van der Waals surface area contributed by atoms with Crippen molar-refractivity contribution in [1.29, 1.82) is 0 Å². The normalized spacial score (nSPS) is 22.3. The molecular formula is C19H34N2+2. The first-order chi connectivity index (χ1) is 10.4. The van der Waals surface area contributed by atoms with E-state index in [1.165, 1.54) is 83.4 Å². The van der Waals surface area contributed by atoms with Crippen LogP contribution in [0.25, 0.3) is 0 Å². The van der Waals surface area contributed by atoms with Gasteiger partial charge in [-0.2, -0.15) is 0 Å². The van der Waals surface area contributed by atoms with Crippen LogP contribution in [0.3, 0.4) is 0 Å². The van der Waals surface area contributed by atoms with Crippen molar-refractivity contribution in [3.63, 3.8) is 0 Å². The topological polar surface area (TPSA) is 8.88 Å². The van der Waals surface area contributed by atoms with Gasteiger partial charge in [0.2, 0.25) is 0 Å². The second-order valence-electron chi connectivity index (χ2n) is 6.68. The van der Waals surface area contributed by atoms with E-state index in [1.807, 2.05) is 4.90 Å². The molecule has 0 spiro atoms. The van der Waals surface area contributed by atoms with E-state index in [1.54, 1.807) is 4.90 Å². The summed E-state index contributed by atoms with van der Waals surface area (Å²) in [6, 6.07) is 11.0. The van der Waals surface area contributed by atoms with Gasteiger partial charge in [-0.15, -0.1) is 0 Å². The van der Waals surface area contributed by atoms with Gasteiger partial charge in [-0.3, -0.25) is 0 Å². The zero-order valence-corrected chi connectivity index (χ0v) is 13.9. The number of piperazine rings is 1. The zero-order chi connectivity index (χ0) is 14.8. The first-order valence-corrected chi connectivity index (χ1v) is 9.09. The van der Waals surface area contributed by atoms with E-state index in [-0.39, 0.29) is 0 Å². The molecule has 21 heavy (non-hydrogen) atoms. The summed E-state index contributed by atoms with van der Waals surface area (Å²) in [6.45, 7) is 10.4. The summed E-state index contributed by atoms with van der Waals surface area (Å²) in [4.78, 5) is 3.62. The highest BCUT2D eigenvalue weighted by atomic mass is 15.3. The highest BCUT2D eigenvalue weighted by Crippen LogP contribution is 2.03. The maximum absolute atomic E-state index is 2.29. The molecule has 0 amide bonds. The van der Waals surface area contributed by atoms with Gasteiger partial charge in [0.1, 0.15) is 32.7 Å². The molecule has 0 atom stereocenters. The summed E-state index contributed by atoms with van der Waals surface area (Å²) >= 11 is 0. The number of nitrogens with one attached hydrogen (secondary N) is 2. The number of hydrogen-bond donors (Lipinski definition) is 2. The fourth-order valence-corrected chi connectivity index (χ4v) is 3.42. The summed E-state index contributed by atoms with van der Waals surface area (Å²) in [5.74, 6) is 0. The minimum atomic E-state index is 1.21. The van der Waals surface area contributed by atoms with Gasteiger partial charge < -0.3 is 9.80 Å². The lowest BCUT2D eigenvalue weighted by Gasteiger charge is -2.29. The number of benzene rings is 1. The van der Waals surface area contributed by atoms with Crippen LogP contribution >= 0.6 is 0 Å². The lowest BCUT2D eigenvalue weighted by atomic mass is 10.1. The van der Waals surface area contributed by atoms with Crippen molar-refractivity contribution in [1.82, 2.24) is 0 Å². The molecule has 118 valence electrons. The van der Waals surface area contributed by atoms with Gasteiger partial charge in [0.05, 0.1) is 6.54 Å². The summed E-state index contributed by atoms with van der Waals surface area (Å²) < 4.78 is 0. The molecular weight excluding hydrogens is 256 g/mol. The molecule has 1 saturated heterocycles. The van der Waals surface area contributed by atoms with E-state index in [4.69, 9.17) is 0 Å². The molecule has 1 aromatic rings. The second-order valence-corrected chi connectivity index (χ2v) is 6.68. The van der Waals surface area contributed by atoms with Gasteiger partial charge >= 0.3 is 0 Å². The lowest BCUT2D eigenvalue weighted by molar-refractivity contribution is -1.02. The Morgan fingerprint density at radius 3 is 2.10 bits per heavy atom. The molecule has 0 aliphatic carbocycles. The Bertz CT molecular complexity index is 355. The summed E-state index contributed by atoms with van der Waals surface area (Å²) in [5, 5.41) is 0. The summed E-state index contributed by atoms with van der Waals surface area (Å²) in [6.07, 6.45) is 8.57. The van der Waals surface area contributed by atoms with Crippen molar-refractivity contribution >= 4 is 0 Å². The molecule has 0 bridgehead atoms. The van der Waals surface area contributed by atoms with Crippen molar-refractivity contribution in [2.24, 2.45) is 0 Å². The molecule has 1 aliphatic rings. The molecule has 0 radical (unpaired) electrons. The molecule has 2 rings (SSSR count). The van der Waals surface area contributed by atoms with Crippen LogP contribution in [0.15, 0.2) is 30.3 Å². The third-order valence-corrected chi connectivity index (χ3v) is 4.85. The minimum absolute atomic E-state index is 1.21. The Kier molecular flexibility index (Phi) is 7.83. The van der Waals surface area contributed by atoms with Gasteiger partial charge in [-0.1, -0.05) is 62.9 Å². The Morgan fingerprint density at radius 2 is 1.38 bits per heavy atom. The van der Waals surface area contributed by atoms with Crippen molar-refractivity contribution in [2.45, 2.75) is 52.0 Å². The largest absolute Gasteiger partial charge is 0.326 e.